The van der Waals surface area contributed by atoms with E-state index in [1.165, 1.54) is 0 Å². The number of alkyl carbamates (subject to hydrolysis) is 1. The summed E-state index contributed by atoms with van der Waals surface area (Å²) >= 11 is 0. The van der Waals surface area contributed by atoms with Gasteiger partial charge in [0.2, 0.25) is 0 Å². The van der Waals surface area contributed by atoms with Gasteiger partial charge in [-0.15, -0.1) is 0 Å². The van der Waals surface area contributed by atoms with Crippen LogP contribution in [0.3, 0.4) is 0 Å². The maximum Gasteiger partial charge on any atom is 0.407 e. The van der Waals surface area contributed by atoms with Crippen molar-refractivity contribution in [2.45, 2.75) is 52.3 Å². The van der Waals surface area contributed by atoms with E-state index < -0.39 is 23.7 Å². The van der Waals surface area contributed by atoms with Crippen LogP contribution >= 0.6 is 0 Å². The number of rotatable bonds is 5. The summed E-state index contributed by atoms with van der Waals surface area (Å²) in [6.45, 7) is 8.98. The number of amides is 1. The predicted octanol–water partition coefficient (Wildman–Crippen LogP) is 0.962. The Balaban J connectivity index is 3.88. The summed E-state index contributed by atoms with van der Waals surface area (Å²) in [5.41, 5.74) is -0.533. The van der Waals surface area contributed by atoms with Gasteiger partial charge in [0.25, 0.3) is 0 Å². The molecule has 0 spiro atoms. The first-order valence-corrected chi connectivity index (χ1v) is 5.57. The van der Waals surface area contributed by atoms with Gasteiger partial charge in [-0.1, -0.05) is 0 Å². The van der Waals surface area contributed by atoms with Crippen molar-refractivity contribution in [1.29, 1.82) is 0 Å². The van der Waals surface area contributed by atoms with Crippen molar-refractivity contribution >= 4 is 12.1 Å². The molecule has 0 aliphatic carbocycles. The van der Waals surface area contributed by atoms with Crippen molar-refractivity contribution in [3.05, 3.63) is 0 Å². The Morgan fingerprint density at radius 2 is 1.82 bits per heavy atom. The summed E-state index contributed by atoms with van der Waals surface area (Å²) in [4.78, 5) is 21.9. The fourth-order valence-corrected chi connectivity index (χ4v) is 1.11. The first kappa shape index (κ1) is 15.7. The van der Waals surface area contributed by atoms with Crippen molar-refractivity contribution in [3.63, 3.8) is 0 Å². The summed E-state index contributed by atoms with van der Waals surface area (Å²) < 4.78 is 5.05. The Labute approximate surface area is 102 Å². The smallest absolute Gasteiger partial charge is 0.407 e. The first-order chi connectivity index (χ1) is 7.61. The van der Waals surface area contributed by atoms with Gasteiger partial charge in [0, 0.05) is 12.6 Å². The minimum absolute atomic E-state index is 0.145. The predicted molar refractivity (Wildman–Crippen MR) is 63.9 cm³/mol. The lowest BCUT2D eigenvalue weighted by Gasteiger charge is -2.21. The molecular weight excluding hydrogens is 224 g/mol. The van der Waals surface area contributed by atoms with Crippen LogP contribution in [-0.2, 0) is 9.53 Å². The lowest BCUT2D eigenvalue weighted by atomic mass is 10.2. The van der Waals surface area contributed by atoms with Gasteiger partial charge in [-0.05, 0) is 34.6 Å². The van der Waals surface area contributed by atoms with Crippen molar-refractivity contribution in [3.8, 4) is 0 Å². The molecule has 0 saturated carbocycles. The number of ether oxygens (including phenoxy) is 1. The van der Waals surface area contributed by atoms with E-state index in [9.17, 15) is 9.59 Å². The Morgan fingerprint density at radius 3 is 2.24 bits per heavy atom. The second kappa shape index (κ2) is 6.44. The first-order valence-electron chi connectivity index (χ1n) is 5.57. The maximum absolute atomic E-state index is 11.3. The number of aliphatic carboxylic acids is 1. The summed E-state index contributed by atoms with van der Waals surface area (Å²) in [7, 11) is 0. The van der Waals surface area contributed by atoms with Crippen LogP contribution in [0.5, 0.6) is 0 Å². The van der Waals surface area contributed by atoms with Gasteiger partial charge in [0.05, 0.1) is 0 Å². The number of nitrogens with one attached hydrogen (secondary N) is 2. The molecule has 17 heavy (non-hydrogen) atoms. The SMILES string of the molecule is CC(CNC(=O)OC(C)(C)C)N[C@@H](C)C(=O)O. The highest BCUT2D eigenvalue weighted by Gasteiger charge is 2.17. The van der Waals surface area contributed by atoms with Crippen LogP contribution in [0.15, 0.2) is 0 Å². The van der Waals surface area contributed by atoms with Crippen molar-refractivity contribution in [1.82, 2.24) is 10.6 Å². The second-order valence-electron chi connectivity index (χ2n) is 5.01. The number of carbonyl (C=O) groups is 2. The van der Waals surface area contributed by atoms with E-state index in [0.29, 0.717) is 6.54 Å². The molecule has 0 rings (SSSR count). The summed E-state index contributed by atoms with van der Waals surface area (Å²) in [6.07, 6.45) is -0.505. The zero-order valence-electron chi connectivity index (χ0n) is 11.0. The topological polar surface area (TPSA) is 87.7 Å². The maximum atomic E-state index is 11.3. The number of carbonyl (C=O) groups excluding carboxylic acids is 1. The van der Waals surface area contributed by atoms with Crippen LogP contribution in [-0.4, -0.2) is 41.4 Å². The van der Waals surface area contributed by atoms with Crippen LogP contribution in [0.4, 0.5) is 4.79 Å². The quantitative estimate of drug-likeness (QED) is 0.672. The zero-order valence-corrected chi connectivity index (χ0v) is 11.0. The molecule has 0 heterocycles. The van der Waals surface area contributed by atoms with Crippen LogP contribution < -0.4 is 10.6 Å². The van der Waals surface area contributed by atoms with E-state index in [0.717, 1.165) is 0 Å². The number of carboxylic acids is 1. The average molecular weight is 246 g/mol. The molecule has 6 nitrogen and oxygen atoms in total. The minimum Gasteiger partial charge on any atom is -0.480 e. The lowest BCUT2D eigenvalue weighted by molar-refractivity contribution is -0.139. The lowest BCUT2D eigenvalue weighted by Crippen LogP contribution is -2.46. The van der Waals surface area contributed by atoms with Crippen LogP contribution in [0.25, 0.3) is 0 Å². The molecule has 0 bridgehead atoms. The summed E-state index contributed by atoms with van der Waals surface area (Å²) in [5.74, 6) is -0.922. The van der Waals surface area contributed by atoms with E-state index in [1.54, 1.807) is 34.6 Å². The Morgan fingerprint density at radius 1 is 1.29 bits per heavy atom. The van der Waals surface area contributed by atoms with E-state index in [1.807, 2.05) is 0 Å². The summed E-state index contributed by atoms with van der Waals surface area (Å²) in [5, 5.41) is 14.1. The zero-order chi connectivity index (χ0) is 13.6. The Bertz CT molecular complexity index is 273. The summed E-state index contributed by atoms with van der Waals surface area (Å²) in [6, 6.07) is -0.793. The third-order valence-corrected chi connectivity index (χ3v) is 1.86. The molecule has 1 amide bonds. The molecular formula is C11H22N2O4. The van der Waals surface area contributed by atoms with Gasteiger partial charge >= 0.3 is 12.1 Å². The molecule has 2 atom stereocenters. The number of hydrogen-bond donors (Lipinski definition) is 3. The van der Waals surface area contributed by atoms with Crippen molar-refractivity contribution in [2.75, 3.05) is 6.54 Å². The molecule has 1 unspecified atom stereocenters. The molecule has 0 aromatic heterocycles. The Hall–Kier alpha value is -1.30. The molecule has 0 aromatic carbocycles. The fourth-order valence-electron chi connectivity index (χ4n) is 1.11. The van der Waals surface area contributed by atoms with Gasteiger partial charge in [0.1, 0.15) is 11.6 Å². The highest BCUT2D eigenvalue weighted by Crippen LogP contribution is 2.06. The van der Waals surface area contributed by atoms with E-state index in [4.69, 9.17) is 9.84 Å². The van der Waals surface area contributed by atoms with E-state index >= 15 is 0 Å². The van der Waals surface area contributed by atoms with Gasteiger partial charge in [-0.25, -0.2) is 4.79 Å². The van der Waals surface area contributed by atoms with E-state index in [-0.39, 0.29) is 6.04 Å². The molecule has 100 valence electrons. The third kappa shape index (κ3) is 8.50. The molecule has 0 radical (unpaired) electrons. The number of carboxylic acid groups (broad SMARTS) is 1. The van der Waals surface area contributed by atoms with Gasteiger partial charge < -0.3 is 20.5 Å². The largest absolute Gasteiger partial charge is 0.480 e. The van der Waals surface area contributed by atoms with Gasteiger partial charge in [-0.3, -0.25) is 4.79 Å². The minimum atomic E-state index is -0.922. The fraction of sp³-hybridized carbons (Fsp3) is 0.818. The second-order valence-corrected chi connectivity index (χ2v) is 5.01. The average Bonchev–Trinajstić information content (AvgIpc) is 2.11. The van der Waals surface area contributed by atoms with Crippen molar-refractivity contribution < 1.29 is 19.4 Å². The van der Waals surface area contributed by atoms with Crippen molar-refractivity contribution in [2.24, 2.45) is 0 Å². The van der Waals surface area contributed by atoms with E-state index in [2.05, 4.69) is 10.6 Å². The van der Waals surface area contributed by atoms with Crippen LogP contribution in [0.1, 0.15) is 34.6 Å². The molecule has 6 heteroatoms. The van der Waals surface area contributed by atoms with Gasteiger partial charge in [0.15, 0.2) is 0 Å². The van der Waals surface area contributed by atoms with Crippen LogP contribution in [0.2, 0.25) is 0 Å². The van der Waals surface area contributed by atoms with Crippen LogP contribution in [0, 0.1) is 0 Å². The molecule has 0 saturated heterocycles. The molecule has 3 N–H and O–H groups in total. The standard InChI is InChI=1S/C11H22N2O4/c1-7(13-8(2)9(14)15)6-12-10(16)17-11(3,4)5/h7-8,13H,6H2,1-5H3,(H,12,16)(H,14,15)/t7?,8-/m0/s1. The number of hydrogen-bond acceptors (Lipinski definition) is 4. The molecule has 0 fully saturated rings. The molecule has 0 aliphatic heterocycles. The highest BCUT2D eigenvalue weighted by atomic mass is 16.6. The molecule has 0 aliphatic rings. The Kier molecular flexibility index (Phi) is 5.95. The molecule has 0 aromatic rings. The normalized spacial score (nSPS) is 14.9. The van der Waals surface area contributed by atoms with Gasteiger partial charge in [-0.2, -0.15) is 0 Å². The monoisotopic (exact) mass is 246 g/mol. The third-order valence-electron chi connectivity index (χ3n) is 1.86. The highest BCUT2D eigenvalue weighted by molar-refractivity contribution is 5.72.